The van der Waals surface area contributed by atoms with Gasteiger partial charge in [-0.25, -0.2) is 0 Å². The van der Waals surface area contributed by atoms with Gasteiger partial charge in [-0.3, -0.25) is 9.59 Å². The van der Waals surface area contributed by atoms with Crippen LogP contribution in [0.25, 0.3) is 0 Å². The van der Waals surface area contributed by atoms with Crippen molar-refractivity contribution in [1.29, 1.82) is 0 Å². The second kappa shape index (κ2) is 9.97. The number of hydrogen-bond donors (Lipinski definition) is 3. The molecule has 11 heteroatoms. The number of amides is 2. The van der Waals surface area contributed by atoms with Crippen molar-refractivity contribution >= 4 is 40.6 Å². The summed E-state index contributed by atoms with van der Waals surface area (Å²) in [7, 11) is 0. The van der Waals surface area contributed by atoms with E-state index in [4.69, 9.17) is 22.2 Å². The molecule has 0 spiro atoms. The van der Waals surface area contributed by atoms with Crippen molar-refractivity contribution in [3.05, 3.63) is 59.1 Å². The summed E-state index contributed by atoms with van der Waals surface area (Å²) in [6, 6.07) is 11.1. The lowest BCUT2D eigenvalue weighted by molar-refractivity contribution is -0.137. The zero-order valence-corrected chi connectivity index (χ0v) is 16.4. The molecule has 0 saturated heterocycles. The summed E-state index contributed by atoms with van der Waals surface area (Å²) in [6.07, 6.45) is -6.25. The van der Waals surface area contributed by atoms with Crippen LogP contribution in [0.4, 0.5) is 24.5 Å². The summed E-state index contributed by atoms with van der Waals surface area (Å²) in [5.41, 5.74) is 4.57. The van der Waals surface area contributed by atoms with Crippen molar-refractivity contribution in [3.8, 4) is 0 Å². The Morgan fingerprint density at radius 2 is 1.70 bits per heavy atom. The molecule has 0 heterocycles. The van der Waals surface area contributed by atoms with Crippen molar-refractivity contribution in [2.24, 2.45) is 10.9 Å². The molecule has 2 amide bonds. The van der Waals surface area contributed by atoms with Crippen molar-refractivity contribution in [2.45, 2.75) is 25.6 Å². The molecule has 0 saturated carbocycles. The summed E-state index contributed by atoms with van der Waals surface area (Å²) >= 11 is 5.93. The minimum absolute atomic E-state index is 0.241. The molecule has 1 atom stereocenters. The molecule has 0 radical (unpaired) electrons. The monoisotopic (exact) mass is 442 g/mol. The van der Waals surface area contributed by atoms with E-state index in [1.54, 1.807) is 24.3 Å². The maximum absolute atomic E-state index is 13.0. The smallest absolute Gasteiger partial charge is 0.384 e. The number of nitrogens with two attached hydrogens (primary N) is 1. The van der Waals surface area contributed by atoms with E-state index < -0.39 is 35.3 Å². The number of anilines is 2. The summed E-state index contributed by atoms with van der Waals surface area (Å²) in [6.45, 7) is 1.27. The topological polar surface area (TPSA) is 106 Å². The standard InChI is InChI=1S/C19H18ClF3N4O3/c1-11(18(29)26-14-8-4-2-6-12(14)19(21,22)23)30-27-16(24)10-17(28)25-15-9-5-3-7-13(15)20/h2-9,11H,10H2,1H3,(H2,24,27)(H,25,28)(H,26,29). The zero-order chi connectivity index (χ0) is 22.3. The molecule has 7 nitrogen and oxygen atoms in total. The fourth-order valence-electron chi connectivity index (χ4n) is 2.22. The first-order chi connectivity index (χ1) is 14.1. The van der Waals surface area contributed by atoms with E-state index in [2.05, 4.69) is 15.8 Å². The van der Waals surface area contributed by atoms with E-state index >= 15 is 0 Å². The Labute approximate surface area is 175 Å². The zero-order valence-electron chi connectivity index (χ0n) is 15.7. The largest absolute Gasteiger partial charge is 0.418 e. The van der Waals surface area contributed by atoms with E-state index in [1.165, 1.54) is 19.1 Å². The van der Waals surface area contributed by atoms with Gasteiger partial charge in [0.25, 0.3) is 5.91 Å². The van der Waals surface area contributed by atoms with Gasteiger partial charge >= 0.3 is 6.18 Å². The Balaban J connectivity index is 1.92. The maximum atomic E-state index is 13.0. The Hall–Kier alpha value is -3.27. The molecular formula is C19H18ClF3N4O3. The van der Waals surface area contributed by atoms with Crippen LogP contribution in [0, 0.1) is 0 Å². The van der Waals surface area contributed by atoms with Crippen molar-refractivity contribution in [2.75, 3.05) is 10.6 Å². The molecule has 1 unspecified atom stereocenters. The molecule has 30 heavy (non-hydrogen) atoms. The SMILES string of the molecule is CC(O/N=C(/N)CC(=O)Nc1ccccc1Cl)C(=O)Nc1ccccc1C(F)(F)F. The molecule has 2 aromatic rings. The first kappa shape index (κ1) is 23.0. The van der Waals surface area contributed by atoms with Crippen molar-refractivity contribution < 1.29 is 27.6 Å². The molecular weight excluding hydrogens is 425 g/mol. The van der Waals surface area contributed by atoms with E-state index in [-0.39, 0.29) is 12.3 Å². The highest BCUT2D eigenvalue weighted by atomic mass is 35.5. The van der Waals surface area contributed by atoms with E-state index in [9.17, 15) is 22.8 Å². The third-order valence-corrected chi connectivity index (χ3v) is 4.01. The molecule has 160 valence electrons. The van der Waals surface area contributed by atoms with Crippen LogP contribution in [0.3, 0.4) is 0 Å². The molecule has 0 aliphatic heterocycles. The van der Waals surface area contributed by atoms with Crippen molar-refractivity contribution in [1.82, 2.24) is 0 Å². The van der Waals surface area contributed by atoms with Gasteiger partial charge in [0.05, 0.1) is 28.4 Å². The lowest BCUT2D eigenvalue weighted by Crippen LogP contribution is -2.29. The Bertz CT molecular complexity index is 951. The average Bonchev–Trinajstić information content (AvgIpc) is 2.67. The van der Waals surface area contributed by atoms with Crippen LogP contribution in [0.15, 0.2) is 53.7 Å². The summed E-state index contributed by atoms with van der Waals surface area (Å²) in [4.78, 5) is 29.0. The highest BCUT2D eigenvalue weighted by Gasteiger charge is 2.34. The van der Waals surface area contributed by atoms with Gasteiger partial charge in [-0.1, -0.05) is 41.0 Å². The molecule has 0 aromatic heterocycles. The van der Waals surface area contributed by atoms with Crippen LogP contribution in [0.1, 0.15) is 18.9 Å². The lowest BCUT2D eigenvalue weighted by Gasteiger charge is -2.15. The molecule has 2 rings (SSSR count). The predicted molar refractivity (Wildman–Crippen MR) is 107 cm³/mol. The van der Waals surface area contributed by atoms with Crippen molar-refractivity contribution in [3.63, 3.8) is 0 Å². The number of carbonyl (C=O) groups is 2. The first-order valence-corrected chi connectivity index (χ1v) is 8.95. The Morgan fingerprint density at radius 3 is 2.33 bits per heavy atom. The van der Waals surface area contributed by atoms with Crippen LogP contribution in [-0.2, 0) is 20.6 Å². The summed E-state index contributed by atoms with van der Waals surface area (Å²) in [5, 5.41) is 8.48. The predicted octanol–water partition coefficient (Wildman–Crippen LogP) is 4.00. The number of halogens is 4. The van der Waals surface area contributed by atoms with E-state index in [1.807, 2.05) is 0 Å². The molecule has 4 N–H and O–H groups in total. The number of nitrogens with one attached hydrogen (secondary N) is 2. The van der Waals surface area contributed by atoms with E-state index in [0.29, 0.717) is 10.7 Å². The summed E-state index contributed by atoms with van der Waals surface area (Å²) < 4.78 is 39.0. The first-order valence-electron chi connectivity index (χ1n) is 8.57. The second-order valence-corrected chi connectivity index (χ2v) is 6.47. The molecule has 0 aliphatic rings. The summed E-state index contributed by atoms with van der Waals surface area (Å²) in [5.74, 6) is -1.64. The number of amidine groups is 1. The van der Waals surface area contributed by atoms with E-state index in [0.717, 1.165) is 12.1 Å². The van der Waals surface area contributed by atoms with Gasteiger partial charge in [0.2, 0.25) is 12.0 Å². The van der Waals surface area contributed by atoms with Crippen LogP contribution in [-0.4, -0.2) is 23.8 Å². The van der Waals surface area contributed by atoms with Gasteiger partial charge in [-0.15, -0.1) is 0 Å². The van der Waals surface area contributed by atoms with Crippen LogP contribution < -0.4 is 16.4 Å². The number of oxime groups is 1. The molecule has 2 aromatic carbocycles. The van der Waals surface area contributed by atoms with Gasteiger partial charge in [0, 0.05) is 0 Å². The van der Waals surface area contributed by atoms with Gasteiger partial charge < -0.3 is 21.2 Å². The Morgan fingerprint density at radius 1 is 1.10 bits per heavy atom. The third kappa shape index (κ3) is 6.66. The van der Waals surface area contributed by atoms with Gasteiger partial charge in [-0.2, -0.15) is 13.2 Å². The molecule has 0 aliphatic carbocycles. The van der Waals surface area contributed by atoms with Crippen LogP contribution in [0.5, 0.6) is 0 Å². The number of nitrogens with zero attached hydrogens (tertiary/aromatic N) is 1. The number of para-hydroxylation sites is 2. The highest BCUT2D eigenvalue weighted by molar-refractivity contribution is 6.33. The minimum atomic E-state index is -4.63. The number of rotatable bonds is 7. The fourth-order valence-corrected chi connectivity index (χ4v) is 2.41. The number of alkyl halides is 3. The quantitative estimate of drug-likeness (QED) is 0.342. The average molecular weight is 443 g/mol. The molecule has 0 fully saturated rings. The van der Waals surface area contributed by atoms with Gasteiger partial charge in [-0.05, 0) is 31.2 Å². The molecule has 0 bridgehead atoms. The van der Waals surface area contributed by atoms with Gasteiger partial charge in [0.1, 0.15) is 5.84 Å². The lowest BCUT2D eigenvalue weighted by atomic mass is 10.1. The number of hydrogen-bond acceptors (Lipinski definition) is 4. The number of carbonyl (C=O) groups excluding carboxylic acids is 2. The Kier molecular flexibility index (Phi) is 7.65. The third-order valence-electron chi connectivity index (χ3n) is 3.68. The maximum Gasteiger partial charge on any atom is 0.418 e. The normalized spacial score (nSPS) is 12.8. The van der Waals surface area contributed by atoms with Gasteiger partial charge in [0.15, 0.2) is 0 Å². The second-order valence-electron chi connectivity index (χ2n) is 6.07. The minimum Gasteiger partial charge on any atom is -0.384 e. The van der Waals surface area contributed by atoms with Crippen LogP contribution in [0.2, 0.25) is 5.02 Å². The highest BCUT2D eigenvalue weighted by Crippen LogP contribution is 2.34. The van der Waals surface area contributed by atoms with Crippen LogP contribution >= 0.6 is 11.6 Å². The number of benzene rings is 2. The fraction of sp³-hybridized carbons (Fsp3) is 0.211.